The highest BCUT2D eigenvalue weighted by molar-refractivity contribution is 5.46. The number of nitrogens with one attached hydrogen (secondary N) is 1. The summed E-state index contributed by atoms with van der Waals surface area (Å²) in [6, 6.07) is 6.72. The maximum Gasteiger partial charge on any atom is 0.125 e. The molecular weight excluding hydrogens is 179 g/mol. The first-order chi connectivity index (χ1) is 6.77. The van der Waals surface area contributed by atoms with Crippen LogP contribution in [-0.4, -0.2) is 19.8 Å². The van der Waals surface area contributed by atoms with Crippen LogP contribution in [0.15, 0.2) is 24.3 Å². The van der Waals surface area contributed by atoms with Crippen molar-refractivity contribution in [3.05, 3.63) is 30.1 Å². The second-order valence-corrected chi connectivity index (χ2v) is 3.70. The summed E-state index contributed by atoms with van der Waals surface area (Å²) < 4.78 is 13.0. The molecule has 1 N–H and O–H groups in total. The Kier molecular flexibility index (Phi) is 2.68. The molecule has 0 spiro atoms. The van der Waals surface area contributed by atoms with Crippen molar-refractivity contribution in [3.8, 4) is 0 Å². The Morgan fingerprint density at radius 2 is 2.36 bits per heavy atom. The van der Waals surface area contributed by atoms with E-state index in [0.29, 0.717) is 6.17 Å². The fourth-order valence-corrected chi connectivity index (χ4v) is 1.87. The van der Waals surface area contributed by atoms with Crippen molar-refractivity contribution in [2.75, 3.05) is 18.5 Å². The quantitative estimate of drug-likeness (QED) is 0.774. The largest absolute Gasteiger partial charge is 0.359 e. The molecule has 1 heterocycles. The third kappa shape index (κ3) is 1.87. The predicted molar refractivity (Wildman–Crippen MR) is 55.8 cm³/mol. The van der Waals surface area contributed by atoms with E-state index in [4.69, 9.17) is 0 Å². The third-order valence-corrected chi connectivity index (χ3v) is 2.72. The molecule has 14 heavy (non-hydrogen) atoms. The average molecular weight is 194 g/mol. The Labute approximate surface area is 83.7 Å². The molecule has 1 aromatic carbocycles. The zero-order valence-electron chi connectivity index (χ0n) is 8.33. The van der Waals surface area contributed by atoms with Gasteiger partial charge in [-0.3, -0.25) is 5.32 Å². The molecule has 0 amide bonds. The van der Waals surface area contributed by atoms with E-state index in [1.165, 1.54) is 12.5 Å². The van der Waals surface area contributed by atoms with Crippen molar-refractivity contribution in [1.29, 1.82) is 0 Å². The molecule has 0 bridgehead atoms. The van der Waals surface area contributed by atoms with Crippen molar-refractivity contribution >= 4 is 5.69 Å². The summed E-state index contributed by atoms with van der Waals surface area (Å²) in [6.45, 7) is 1.06. The van der Waals surface area contributed by atoms with Gasteiger partial charge in [0.25, 0.3) is 0 Å². The molecule has 1 atom stereocenters. The van der Waals surface area contributed by atoms with E-state index in [9.17, 15) is 4.39 Å². The standard InChI is InChI=1S/C11H15FN2/c1-14(11-6-3-7-13-11)10-5-2-4-9(12)8-10/h2,4-5,8,11,13H,3,6-7H2,1H3. The highest BCUT2D eigenvalue weighted by Gasteiger charge is 2.18. The molecule has 1 aliphatic rings. The van der Waals surface area contributed by atoms with E-state index >= 15 is 0 Å². The van der Waals surface area contributed by atoms with Gasteiger partial charge in [0.15, 0.2) is 0 Å². The predicted octanol–water partition coefficient (Wildman–Crippen LogP) is 1.97. The first-order valence-corrected chi connectivity index (χ1v) is 4.99. The molecule has 76 valence electrons. The second kappa shape index (κ2) is 3.96. The Morgan fingerprint density at radius 1 is 1.50 bits per heavy atom. The van der Waals surface area contributed by atoms with Gasteiger partial charge in [0, 0.05) is 12.7 Å². The molecule has 0 saturated carbocycles. The Hall–Kier alpha value is -1.09. The van der Waals surface area contributed by atoms with Crippen LogP contribution in [0, 0.1) is 5.82 Å². The van der Waals surface area contributed by atoms with E-state index in [0.717, 1.165) is 18.7 Å². The van der Waals surface area contributed by atoms with Crippen LogP contribution in [0.4, 0.5) is 10.1 Å². The van der Waals surface area contributed by atoms with Crippen LogP contribution in [-0.2, 0) is 0 Å². The van der Waals surface area contributed by atoms with Gasteiger partial charge >= 0.3 is 0 Å². The molecule has 1 aliphatic heterocycles. The summed E-state index contributed by atoms with van der Waals surface area (Å²) in [7, 11) is 2.00. The molecule has 1 unspecified atom stereocenters. The number of halogens is 1. The van der Waals surface area contributed by atoms with Crippen molar-refractivity contribution in [1.82, 2.24) is 5.32 Å². The van der Waals surface area contributed by atoms with Gasteiger partial charge in [-0.2, -0.15) is 0 Å². The summed E-state index contributed by atoms with van der Waals surface area (Å²) in [5.41, 5.74) is 0.935. The number of hydrogen-bond donors (Lipinski definition) is 1. The fourth-order valence-electron chi connectivity index (χ4n) is 1.87. The average Bonchev–Trinajstić information content (AvgIpc) is 2.69. The lowest BCUT2D eigenvalue weighted by atomic mass is 10.2. The molecule has 2 rings (SSSR count). The van der Waals surface area contributed by atoms with E-state index in [-0.39, 0.29) is 5.82 Å². The summed E-state index contributed by atoms with van der Waals surface area (Å²) in [5, 5.41) is 3.38. The van der Waals surface area contributed by atoms with Crippen molar-refractivity contribution in [2.24, 2.45) is 0 Å². The number of rotatable bonds is 2. The minimum absolute atomic E-state index is 0.174. The fraction of sp³-hybridized carbons (Fsp3) is 0.455. The highest BCUT2D eigenvalue weighted by atomic mass is 19.1. The van der Waals surface area contributed by atoms with Gasteiger partial charge in [0.2, 0.25) is 0 Å². The minimum Gasteiger partial charge on any atom is -0.359 e. The SMILES string of the molecule is CN(c1cccc(F)c1)C1CCCN1. The van der Waals surface area contributed by atoms with E-state index < -0.39 is 0 Å². The normalized spacial score (nSPS) is 21.1. The van der Waals surface area contributed by atoms with Crippen LogP contribution in [0.5, 0.6) is 0 Å². The van der Waals surface area contributed by atoms with Gasteiger partial charge in [0.1, 0.15) is 5.82 Å². The summed E-state index contributed by atoms with van der Waals surface area (Å²) in [5.74, 6) is -0.174. The molecule has 2 nitrogen and oxygen atoms in total. The van der Waals surface area contributed by atoms with Crippen molar-refractivity contribution in [2.45, 2.75) is 19.0 Å². The molecular formula is C11H15FN2. The monoisotopic (exact) mass is 194 g/mol. The lowest BCUT2D eigenvalue weighted by Crippen LogP contribution is -2.39. The van der Waals surface area contributed by atoms with Gasteiger partial charge in [0.05, 0.1) is 6.17 Å². The second-order valence-electron chi connectivity index (χ2n) is 3.70. The Morgan fingerprint density at radius 3 is 3.00 bits per heavy atom. The van der Waals surface area contributed by atoms with Gasteiger partial charge in [-0.25, -0.2) is 4.39 Å². The van der Waals surface area contributed by atoms with Gasteiger partial charge in [-0.1, -0.05) is 6.07 Å². The highest BCUT2D eigenvalue weighted by Crippen LogP contribution is 2.19. The van der Waals surface area contributed by atoms with Gasteiger partial charge in [-0.05, 0) is 37.6 Å². The van der Waals surface area contributed by atoms with Crippen LogP contribution in [0.1, 0.15) is 12.8 Å². The molecule has 1 saturated heterocycles. The van der Waals surface area contributed by atoms with Crippen molar-refractivity contribution in [3.63, 3.8) is 0 Å². The topological polar surface area (TPSA) is 15.3 Å². The Bertz CT molecular complexity index is 308. The number of benzene rings is 1. The number of nitrogens with zero attached hydrogens (tertiary/aromatic N) is 1. The summed E-state index contributed by atoms with van der Waals surface area (Å²) >= 11 is 0. The smallest absolute Gasteiger partial charge is 0.125 e. The van der Waals surface area contributed by atoms with Gasteiger partial charge in [-0.15, -0.1) is 0 Å². The van der Waals surface area contributed by atoms with Crippen LogP contribution >= 0.6 is 0 Å². The molecule has 1 fully saturated rings. The van der Waals surface area contributed by atoms with Crippen LogP contribution in [0.25, 0.3) is 0 Å². The van der Waals surface area contributed by atoms with Crippen LogP contribution in [0.3, 0.4) is 0 Å². The summed E-state index contributed by atoms with van der Waals surface area (Å²) in [4.78, 5) is 2.09. The molecule has 0 aromatic heterocycles. The van der Waals surface area contributed by atoms with Crippen molar-refractivity contribution < 1.29 is 4.39 Å². The third-order valence-electron chi connectivity index (χ3n) is 2.72. The zero-order chi connectivity index (χ0) is 9.97. The first kappa shape index (κ1) is 9.46. The number of hydrogen-bond acceptors (Lipinski definition) is 2. The zero-order valence-corrected chi connectivity index (χ0v) is 8.33. The molecule has 0 radical (unpaired) electrons. The molecule has 3 heteroatoms. The van der Waals surface area contributed by atoms with E-state index in [2.05, 4.69) is 10.2 Å². The maximum absolute atomic E-state index is 13.0. The molecule has 1 aromatic rings. The number of anilines is 1. The van der Waals surface area contributed by atoms with E-state index in [1.54, 1.807) is 12.1 Å². The lowest BCUT2D eigenvalue weighted by molar-refractivity contribution is 0.588. The Balaban J connectivity index is 2.13. The lowest BCUT2D eigenvalue weighted by Gasteiger charge is -2.26. The summed E-state index contributed by atoms with van der Waals surface area (Å²) in [6.07, 6.45) is 2.69. The van der Waals surface area contributed by atoms with Crippen LogP contribution < -0.4 is 10.2 Å². The minimum atomic E-state index is -0.174. The maximum atomic E-state index is 13.0. The first-order valence-electron chi connectivity index (χ1n) is 4.99. The molecule has 0 aliphatic carbocycles. The van der Waals surface area contributed by atoms with E-state index in [1.807, 2.05) is 13.1 Å². The van der Waals surface area contributed by atoms with Crippen LogP contribution in [0.2, 0.25) is 0 Å². The van der Waals surface area contributed by atoms with Gasteiger partial charge < -0.3 is 4.90 Å².